The van der Waals surface area contributed by atoms with Gasteiger partial charge in [0.1, 0.15) is 12.2 Å². The smallest absolute Gasteiger partial charge is 0.410 e. The van der Waals surface area contributed by atoms with E-state index >= 15 is 0 Å². The molecule has 0 fully saturated rings. The van der Waals surface area contributed by atoms with Gasteiger partial charge in [-0.15, -0.1) is 0 Å². The molecule has 0 saturated carbocycles. The first-order chi connectivity index (χ1) is 10.3. The lowest BCUT2D eigenvalue weighted by atomic mass is 10.0. The Kier molecular flexibility index (Phi) is 6.03. The van der Waals surface area contributed by atoms with Crippen LogP contribution in [0.1, 0.15) is 26.3 Å². The molecule has 0 aromatic heterocycles. The van der Waals surface area contributed by atoms with Crippen LogP contribution in [-0.2, 0) is 24.8 Å². The van der Waals surface area contributed by atoms with E-state index in [0.29, 0.717) is 5.02 Å². The largest absolute Gasteiger partial charge is 0.444 e. The molecule has 0 heterocycles. The van der Waals surface area contributed by atoms with Crippen molar-refractivity contribution >= 4 is 27.8 Å². The SMILES string of the molecule is CC(C)(C)OC(=O)N[C@@](O)(COS(C)(=O)=O)c1cccc(Cl)c1. The van der Waals surface area contributed by atoms with Gasteiger partial charge in [0.05, 0.1) is 6.26 Å². The maximum Gasteiger partial charge on any atom is 0.410 e. The Morgan fingerprint density at radius 2 is 1.96 bits per heavy atom. The molecule has 1 aromatic rings. The zero-order valence-corrected chi connectivity index (χ0v) is 14.9. The fourth-order valence-corrected chi connectivity index (χ4v) is 2.18. The molecule has 0 spiro atoms. The second kappa shape index (κ2) is 7.04. The third kappa shape index (κ3) is 7.17. The van der Waals surface area contributed by atoms with Gasteiger partial charge in [0.15, 0.2) is 5.72 Å². The molecule has 0 bridgehead atoms. The number of hydrogen-bond donors (Lipinski definition) is 2. The van der Waals surface area contributed by atoms with E-state index in [-0.39, 0.29) is 5.56 Å². The Labute approximate surface area is 140 Å². The van der Waals surface area contributed by atoms with Crippen molar-refractivity contribution in [3.05, 3.63) is 34.9 Å². The van der Waals surface area contributed by atoms with E-state index in [2.05, 4.69) is 9.50 Å². The molecule has 0 aliphatic rings. The molecule has 130 valence electrons. The maximum absolute atomic E-state index is 11.9. The zero-order valence-electron chi connectivity index (χ0n) is 13.3. The van der Waals surface area contributed by atoms with E-state index in [4.69, 9.17) is 16.3 Å². The highest BCUT2D eigenvalue weighted by molar-refractivity contribution is 7.85. The van der Waals surface area contributed by atoms with Crippen LogP contribution in [0.25, 0.3) is 0 Å². The monoisotopic (exact) mass is 365 g/mol. The summed E-state index contributed by atoms with van der Waals surface area (Å²) in [6.07, 6.45) is -0.101. The Bertz CT molecular complexity index is 670. The van der Waals surface area contributed by atoms with E-state index in [9.17, 15) is 18.3 Å². The van der Waals surface area contributed by atoms with Gasteiger partial charge in [-0.3, -0.25) is 9.50 Å². The zero-order chi connectivity index (χ0) is 17.9. The fourth-order valence-electron chi connectivity index (χ4n) is 1.60. The van der Waals surface area contributed by atoms with E-state index < -0.39 is 34.1 Å². The normalized spacial score (nSPS) is 14.9. The van der Waals surface area contributed by atoms with Crippen LogP contribution in [0, 0.1) is 0 Å². The average molecular weight is 366 g/mol. The number of rotatable bonds is 5. The average Bonchev–Trinajstić information content (AvgIpc) is 2.33. The van der Waals surface area contributed by atoms with Gasteiger partial charge in [0, 0.05) is 10.6 Å². The minimum Gasteiger partial charge on any atom is -0.444 e. The molecule has 0 aliphatic heterocycles. The summed E-state index contributed by atoms with van der Waals surface area (Å²) in [6, 6.07) is 5.95. The molecule has 0 saturated heterocycles. The summed E-state index contributed by atoms with van der Waals surface area (Å²) in [7, 11) is -3.83. The predicted octanol–water partition coefficient (Wildman–Crippen LogP) is 1.99. The van der Waals surface area contributed by atoms with Crippen LogP contribution < -0.4 is 5.32 Å². The highest BCUT2D eigenvalue weighted by Crippen LogP contribution is 2.23. The third-order valence-electron chi connectivity index (χ3n) is 2.49. The lowest BCUT2D eigenvalue weighted by Gasteiger charge is -2.30. The van der Waals surface area contributed by atoms with Crippen LogP contribution in [0.3, 0.4) is 0 Å². The van der Waals surface area contributed by atoms with Crippen LogP contribution in [0.15, 0.2) is 24.3 Å². The summed E-state index contributed by atoms with van der Waals surface area (Å²) in [5.41, 5.74) is -2.77. The van der Waals surface area contributed by atoms with Crippen molar-refractivity contribution in [2.24, 2.45) is 0 Å². The van der Waals surface area contributed by atoms with Crippen molar-refractivity contribution in [3.8, 4) is 0 Å². The molecule has 1 amide bonds. The minimum absolute atomic E-state index is 0.152. The summed E-state index contributed by atoms with van der Waals surface area (Å²) in [4.78, 5) is 11.9. The van der Waals surface area contributed by atoms with E-state index in [1.165, 1.54) is 12.1 Å². The van der Waals surface area contributed by atoms with E-state index in [1.807, 2.05) is 0 Å². The Hall–Kier alpha value is -1.35. The van der Waals surface area contributed by atoms with E-state index in [0.717, 1.165) is 6.26 Å². The van der Waals surface area contributed by atoms with Gasteiger partial charge in [0.2, 0.25) is 0 Å². The maximum atomic E-state index is 11.9. The third-order valence-corrected chi connectivity index (χ3v) is 3.27. The van der Waals surface area contributed by atoms with Gasteiger partial charge in [-0.05, 0) is 32.9 Å². The second-order valence-corrected chi connectivity index (χ2v) is 8.04. The lowest BCUT2D eigenvalue weighted by Crippen LogP contribution is -2.51. The molecule has 0 radical (unpaired) electrons. The molecule has 1 rings (SSSR count). The standard InChI is InChI=1S/C14H20ClNO6S/c1-13(2,3)22-12(17)16-14(18,9-21-23(4,19)20)10-6-5-7-11(15)8-10/h5-8,18H,9H2,1-4H3,(H,16,17)/t14-/m1/s1. The van der Waals surface area contributed by atoms with Gasteiger partial charge < -0.3 is 9.84 Å². The molecular formula is C14H20ClNO6S. The highest BCUT2D eigenvalue weighted by atomic mass is 35.5. The van der Waals surface area contributed by atoms with Crippen molar-refractivity contribution in [3.63, 3.8) is 0 Å². The number of ether oxygens (including phenoxy) is 1. The first kappa shape index (κ1) is 19.7. The van der Waals surface area contributed by atoms with Crippen molar-refractivity contribution in [1.29, 1.82) is 0 Å². The van der Waals surface area contributed by atoms with Crippen molar-refractivity contribution < 1.29 is 27.2 Å². The van der Waals surface area contributed by atoms with Gasteiger partial charge in [-0.25, -0.2) is 4.79 Å². The van der Waals surface area contributed by atoms with Crippen molar-refractivity contribution in [2.75, 3.05) is 12.9 Å². The minimum atomic E-state index is -3.83. The summed E-state index contributed by atoms with van der Waals surface area (Å²) in [5, 5.41) is 13.2. The molecule has 23 heavy (non-hydrogen) atoms. The van der Waals surface area contributed by atoms with Gasteiger partial charge in [-0.1, -0.05) is 23.7 Å². The Balaban J connectivity index is 3.08. The number of carbonyl (C=O) groups is 1. The Morgan fingerprint density at radius 1 is 1.35 bits per heavy atom. The quantitative estimate of drug-likeness (QED) is 0.611. The van der Waals surface area contributed by atoms with Crippen molar-refractivity contribution in [2.45, 2.75) is 32.1 Å². The van der Waals surface area contributed by atoms with Crippen LogP contribution in [-0.4, -0.2) is 38.1 Å². The summed E-state index contributed by atoms with van der Waals surface area (Å²) >= 11 is 5.87. The number of nitrogens with one attached hydrogen (secondary N) is 1. The first-order valence-electron chi connectivity index (χ1n) is 6.65. The number of amides is 1. The second-order valence-electron chi connectivity index (χ2n) is 5.96. The Morgan fingerprint density at radius 3 is 2.43 bits per heavy atom. The number of hydrogen-bond acceptors (Lipinski definition) is 6. The molecule has 0 aliphatic carbocycles. The number of carbonyl (C=O) groups excluding carboxylic acids is 1. The number of halogens is 1. The molecule has 7 nitrogen and oxygen atoms in total. The number of aliphatic hydroxyl groups is 1. The number of benzene rings is 1. The number of alkyl carbamates (subject to hydrolysis) is 1. The highest BCUT2D eigenvalue weighted by Gasteiger charge is 2.35. The van der Waals surface area contributed by atoms with Crippen LogP contribution in [0.5, 0.6) is 0 Å². The molecule has 2 N–H and O–H groups in total. The summed E-state index contributed by atoms with van der Waals surface area (Å²) in [6.45, 7) is 4.22. The lowest BCUT2D eigenvalue weighted by molar-refractivity contribution is -0.0455. The van der Waals surface area contributed by atoms with Crippen molar-refractivity contribution in [1.82, 2.24) is 5.32 Å². The van der Waals surface area contributed by atoms with Gasteiger partial charge in [-0.2, -0.15) is 8.42 Å². The topological polar surface area (TPSA) is 102 Å². The van der Waals surface area contributed by atoms with Gasteiger partial charge in [0.25, 0.3) is 10.1 Å². The first-order valence-corrected chi connectivity index (χ1v) is 8.84. The van der Waals surface area contributed by atoms with E-state index in [1.54, 1.807) is 32.9 Å². The molecule has 9 heteroatoms. The molecular weight excluding hydrogens is 346 g/mol. The molecule has 1 atom stereocenters. The van der Waals surface area contributed by atoms with Crippen LogP contribution in [0.4, 0.5) is 4.79 Å². The fraction of sp³-hybridized carbons (Fsp3) is 0.500. The van der Waals surface area contributed by atoms with Crippen LogP contribution >= 0.6 is 11.6 Å². The van der Waals surface area contributed by atoms with Crippen LogP contribution in [0.2, 0.25) is 5.02 Å². The summed E-state index contributed by atoms with van der Waals surface area (Å²) < 4.78 is 32.1. The predicted molar refractivity (Wildman–Crippen MR) is 85.5 cm³/mol. The van der Waals surface area contributed by atoms with Gasteiger partial charge >= 0.3 is 6.09 Å². The molecule has 1 aromatic carbocycles. The molecule has 0 unspecified atom stereocenters. The summed E-state index contributed by atoms with van der Waals surface area (Å²) in [5.74, 6) is 0.